The van der Waals surface area contributed by atoms with Crippen LogP contribution in [0.25, 0.3) is 21.8 Å². The number of fused-ring (bicyclic) bond motifs is 3. The molecule has 98 valence electrons. The maximum atomic E-state index is 9.39. The molecule has 5 nitrogen and oxygen atoms in total. The second-order valence-corrected chi connectivity index (χ2v) is 4.28. The number of hydrogen-bond donors (Lipinski definition) is 3. The molecule has 0 bridgehead atoms. The van der Waals surface area contributed by atoms with Crippen molar-refractivity contribution in [1.82, 2.24) is 9.97 Å². The largest absolute Gasteiger partial charge is 0.508 e. The van der Waals surface area contributed by atoms with Gasteiger partial charge in [-0.3, -0.25) is 9.78 Å². The molecule has 0 unspecified atom stereocenters. The number of nitrogens with zero attached hydrogens (tertiary/aromatic N) is 1. The van der Waals surface area contributed by atoms with Crippen LogP contribution in [0.5, 0.6) is 5.75 Å². The second kappa shape index (κ2) is 4.97. The first-order valence-corrected chi connectivity index (χ1v) is 5.81. The maximum absolute atomic E-state index is 9.39. The number of phenolic OH excluding ortho intramolecular Hbond substituents is 1. The molecule has 0 fully saturated rings. The Bertz CT molecular complexity index is 743. The molecule has 0 aliphatic heterocycles. The molecular formula is C14H15N3O2. The number of pyridine rings is 1. The smallest absolute Gasteiger partial charge is 0.214 e. The summed E-state index contributed by atoms with van der Waals surface area (Å²) >= 11 is 0. The number of carbonyl (C=O) groups is 1. The molecule has 5 heteroatoms. The fourth-order valence-electron chi connectivity index (χ4n) is 1.95. The molecule has 2 aromatic heterocycles. The average molecular weight is 257 g/mol. The number of amides is 1. The Kier molecular flexibility index (Phi) is 3.37. The molecule has 0 saturated heterocycles. The third-order valence-corrected chi connectivity index (χ3v) is 2.69. The van der Waals surface area contributed by atoms with E-state index in [2.05, 4.69) is 15.7 Å². The van der Waals surface area contributed by atoms with Gasteiger partial charge in [0, 0.05) is 30.0 Å². The van der Waals surface area contributed by atoms with Gasteiger partial charge in [-0.15, -0.1) is 0 Å². The second-order valence-electron chi connectivity index (χ2n) is 4.28. The van der Waals surface area contributed by atoms with Crippen molar-refractivity contribution in [2.24, 2.45) is 5.73 Å². The van der Waals surface area contributed by atoms with Gasteiger partial charge in [0.1, 0.15) is 5.75 Å². The third kappa shape index (κ3) is 2.65. The Hall–Kier alpha value is -2.56. The van der Waals surface area contributed by atoms with E-state index < -0.39 is 0 Å². The van der Waals surface area contributed by atoms with Crippen molar-refractivity contribution in [3.63, 3.8) is 0 Å². The van der Waals surface area contributed by atoms with Gasteiger partial charge >= 0.3 is 0 Å². The van der Waals surface area contributed by atoms with Gasteiger partial charge in [-0.05, 0) is 25.1 Å². The summed E-state index contributed by atoms with van der Waals surface area (Å²) in [6, 6.07) is 7.33. The van der Waals surface area contributed by atoms with Crippen molar-refractivity contribution in [3.8, 4) is 5.75 Å². The minimum absolute atomic E-state index is 0.277. The monoisotopic (exact) mass is 257 g/mol. The quantitative estimate of drug-likeness (QED) is 0.576. The first-order chi connectivity index (χ1) is 8.99. The zero-order valence-electron chi connectivity index (χ0n) is 10.8. The summed E-state index contributed by atoms with van der Waals surface area (Å²) in [5.41, 5.74) is 7.43. The molecule has 0 atom stereocenters. The highest BCUT2D eigenvalue weighted by Crippen LogP contribution is 2.28. The Morgan fingerprint density at radius 1 is 1.32 bits per heavy atom. The number of phenols is 1. The zero-order chi connectivity index (χ0) is 14.0. The first kappa shape index (κ1) is 12.9. The number of aromatic nitrogens is 2. The molecule has 19 heavy (non-hydrogen) atoms. The highest BCUT2D eigenvalue weighted by Gasteiger charge is 2.06. The fourth-order valence-corrected chi connectivity index (χ4v) is 1.95. The van der Waals surface area contributed by atoms with Crippen molar-refractivity contribution < 1.29 is 9.90 Å². The number of aromatic amines is 1. The molecule has 1 aromatic carbocycles. The summed E-state index contributed by atoms with van der Waals surface area (Å²) in [4.78, 5) is 16.7. The van der Waals surface area contributed by atoms with Gasteiger partial charge in [-0.25, -0.2) is 0 Å². The van der Waals surface area contributed by atoms with Crippen molar-refractivity contribution in [2.75, 3.05) is 0 Å². The van der Waals surface area contributed by atoms with Crippen molar-refractivity contribution in [2.45, 2.75) is 13.8 Å². The van der Waals surface area contributed by atoms with E-state index >= 15 is 0 Å². The Morgan fingerprint density at radius 2 is 2.00 bits per heavy atom. The van der Waals surface area contributed by atoms with Crippen LogP contribution in [-0.2, 0) is 4.79 Å². The molecule has 0 radical (unpaired) electrons. The average Bonchev–Trinajstić information content (AvgIpc) is 2.67. The van der Waals surface area contributed by atoms with E-state index in [0.29, 0.717) is 0 Å². The molecular weight excluding hydrogens is 242 g/mol. The van der Waals surface area contributed by atoms with E-state index in [4.69, 9.17) is 0 Å². The molecule has 1 amide bonds. The van der Waals surface area contributed by atoms with Gasteiger partial charge in [-0.1, -0.05) is 0 Å². The summed E-state index contributed by atoms with van der Waals surface area (Å²) < 4.78 is 0. The van der Waals surface area contributed by atoms with Crippen LogP contribution in [0.15, 0.2) is 30.5 Å². The molecule has 2 heterocycles. The predicted octanol–water partition coefficient (Wildman–Crippen LogP) is 2.22. The topological polar surface area (TPSA) is 92.0 Å². The van der Waals surface area contributed by atoms with Crippen LogP contribution in [0.3, 0.4) is 0 Å². The number of primary amides is 1. The number of aryl methyl sites for hydroxylation is 1. The van der Waals surface area contributed by atoms with Gasteiger partial charge < -0.3 is 15.8 Å². The lowest BCUT2D eigenvalue weighted by atomic mass is 10.1. The summed E-state index contributed by atoms with van der Waals surface area (Å²) in [6.07, 6.45) is 1.80. The summed E-state index contributed by atoms with van der Waals surface area (Å²) in [5.74, 6) is -0.0559. The minimum atomic E-state index is -0.333. The zero-order valence-corrected chi connectivity index (χ0v) is 10.8. The maximum Gasteiger partial charge on any atom is 0.214 e. The van der Waals surface area contributed by atoms with Crippen LogP contribution in [-0.4, -0.2) is 21.0 Å². The van der Waals surface area contributed by atoms with Crippen LogP contribution in [0.4, 0.5) is 0 Å². The van der Waals surface area contributed by atoms with E-state index in [-0.39, 0.29) is 11.7 Å². The standard InChI is InChI=1S/C12H10N2O.C2H5NO/c1-7-12-10(4-5-13-7)9-3-2-8(15)6-11(9)14-12;1-2(3)4/h2-6,14-15H,1H3;1H3,(H2,3,4). The number of nitrogens with two attached hydrogens (primary N) is 1. The van der Waals surface area contributed by atoms with Crippen molar-refractivity contribution >= 4 is 27.7 Å². The lowest BCUT2D eigenvalue weighted by Gasteiger charge is -1.93. The van der Waals surface area contributed by atoms with Crippen LogP contribution in [0, 0.1) is 6.92 Å². The Labute approximate surface area is 110 Å². The SMILES string of the molecule is CC(N)=O.Cc1nccc2c1[nH]c1cc(O)ccc12. The number of hydrogen-bond acceptors (Lipinski definition) is 3. The summed E-state index contributed by atoms with van der Waals surface area (Å²) in [5, 5.41) is 11.7. The van der Waals surface area contributed by atoms with E-state index in [1.165, 1.54) is 6.92 Å². The van der Waals surface area contributed by atoms with E-state index in [1.54, 1.807) is 18.3 Å². The van der Waals surface area contributed by atoms with Gasteiger partial charge in [0.2, 0.25) is 5.91 Å². The molecule has 3 rings (SSSR count). The van der Waals surface area contributed by atoms with Crippen LogP contribution in [0.2, 0.25) is 0 Å². The highest BCUT2D eigenvalue weighted by atomic mass is 16.3. The highest BCUT2D eigenvalue weighted by molar-refractivity contribution is 6.08. The van der Waals surface area contributed by atoms with Gasteiger partial charge in [0.05, 0.1) is 16.7 Å². The number of nitrogens with one attached hydrogen (secondary N) is 1. The van der Waals surface area contributed by atoms with Gasteiger partial charge in [0.15, 0.2) is 0 Å². The first-order valence-electron chi connectivity index (χ1n) is 5.81. The molecule has 4 N–H and O–H groups in total. The van der Waals surface area contributed by atoms with Crippen molar-refractivity contribution in [1.29, 1.82) is 0 Å². The van der Waals surface area contributed by atoms with E-state index in [0.717, 1.165) is 27.5 Å². The molecule has 3 aromatic rings. The van der Waals surface area contributed by atoms with E-state index in [1.807, 2.05) is 19.1 Å². The van der Waals surface area contributed by atoms with Gasteiger partial charge in [-0.2, -0.15) is 0 Å². The number of H-pyrrole nitrogens is 1. The summed E-state index contributed by atoms with van der Waals surface area (Å²) in [7, 11) is 0. The number of aromatic hydroxyl groups is 1. The third-order valence-electron chi connectivity index (χ3n) is 2.69. The molecule has 0 spiro atoms. The van der Waals surface area contributed by atoms with Crippen LogP contribution >= 0.6 is 0 Å². The molecule has 0 aliphatic carbocycles. The van der Waals surface area contributed by atoms with Gasteiger partial charge in [0.25, 0.3) is 0 Å². The lowest BCUT2D eigenvalue weighted by molar-refractivity contribution is -0.115. The number of carbonyl (C=O) groups excluding carboxylic acids is 1. The Morgan fingerprint density at radius 3 is 2.68 bits per heavy atom. The summed E-state index contributed by atoms with van der Waals surface area (Å²) in [6.45, 7) is 3.28. The number of rotatable bonds is 0. The Balaban J connectivity index is 0.000000297. The minimum Gasteiger partial charge on any atom is -0.508 e. The predicted molar refractivity (Wildman–Crippen MR) is 74.9 cm³/mol. The molecule has 0 saturated carbocycles. The van der Waals surface area contributed by atoms with Crippen LogP contribution < -0.4 is 5.73 Å². The normalized spacial score (nSPS) is 10.2. The van der Waals surface area contributed by atoms with E-state index in [9.17, 15) is 9.90 Å². The van der Waals surface area contributed by atoms with Crippen LogP contribution in [0.1, 0.15) is 12.6 Å². The fraction of sp³-hybridized carbons (Fsp3) is 0.143. The number of benzene rings is 1. The molecule has 0 aliphatic rings. The lowest BCUT2D eigenvalue weighted by Crippen LogP contribution is -2.01. The van der Waals surface area contributed by atoms with Crippen molar-refractivity contribution in [3.05, 3.63) is 36.2 Å².